The number of benzene rings is 1. The number of rotatable bonds is 6. The number of hydrogen-bond donors (Lipinski definition) is 1. The van der Waals surface area contributed by atoms with Gasteiger partial charge in [0, 0.05) is 17.6 Å². The lowest BCUT2D eigenvalue weighted by Crippen LogP contribution is -2.44. The Hall–Kier alpha value is -2.02. The highest BCUT2D eigenvalue weighted by atomic mass is 32.2. The van der Waals surface area contributed by atoms with E-state index in [4.69, 9.17) is 4.74 Å². The smallest absolute Gasteiger partial charge is 0.233 e. The highest BCUT2D eigenvalue weighted by Gasteiger charge is 2.23. The van der Waals surface area contributed by atoms with Crippen LogP contribution in [0.5, 0.6) is 5.75 Å². The minimum Gasteiger partial charge on any atom is -0.497 e. The summed E-state index contributed by atoms with van der Waals surface area (Å²) in [4.78, 5) is 12.3. The quantitative estimate of drug-likeness (QED) is 0.798. The van der Waals surface area contributed by atoms with Crippen molar-refractivity contribution in [1.82, 2.24) is 20.1 Å². The molecule has 0 aliphatic carbocycles. The molecule has 7 heteroatoms. The molecule has 0 saturated carbocycles. The van der Waals surface area contributed by atoms with E-state index in [1.165, 1.54) is 11.8 Å². The molecule has 0 fully saturated rings. The van der Waals surface area contributed by atoms with Crippen LogP contribution in [0.15, 0.2) is 29.4 Å². The van der Waals surface area contributed by atoms with E-state index in [1.807, 2.05) is 63.5 Å². The molecule has 136 valence electrons. The Bertz CT molecular complexity index is 720. The molecule has 1 N–H and O–H groups in total. The Kier molecular flexibility index (Phi) is 6.11. The lowest BCUT2D eigenvalue weighted by molar-refractivity contribution is -0.121. The van der Waals surface area contributed by atoms with E-state index >= 15 is 0 Å². The van der Waals surface area contributed by atoms with Crippen LogP contribution in [0.4, 0.5) is 0 Å². The first-order valence-corrected chi connectivity index (χ1v) is 9.19. The molecular weight excluding hydrogens is 336 g/mol. The minimum absolute atomic E-state index is 0.00542. The van der Waals surface area contributed by atoms with Gasteiger partial charge in [-0.1, -0.05) is 11.8 Å². The molecule has 1 aromatic carbocycles. The standard InChI is InChI=1S/C18H26N4O2S/c1-7-22-15(13-8-10-14(24-6)11-9-13)20-21-17(22)25-12(2)16(23)19-18(3,4)5/h8-12H,7H2,1-6H3,(H,19,23)/t12-/m1/s1. The van der Waals surface area contributed by atoms with Crippen molar-refractivity contribution < 1.29 is 9.53 Å². The maximum Gasteiger partial charge on any atom is 0.233 e. The van der Waals surface area contributed by atoms with Gasteiger partial charge >= 0.3 is 0 Å². The summed E-state index contributed by atoms with van der Waals surface area (Å²) in [5, 5.41) is 12.1. The van der Waals surface area contributed by atoms with E-state index in [-0.39, 0.29) is 16.7 Å². The highest BCUT2D eigenvalue weighted by molar-refractivity contribution is 8.00. The van der Waals surface area contributed by atoms with Gasteiger partial charge in [-0.3, -0.25) is 4.79 Å². The summed E-state index contributed by atoms with van der Waals surface area (Å²) >= 11 is 1.42. The zero-order valence-corrected chi connectivity index (χ0v) is 16.5. The van der Waals surface area contributed by atoms with Gasteiger partial charge in [-0.25, -0.2) is 0 Å². The molecule has 6 nitrogen and oxygen atoms in total. The van der Waals surface area contributed by atoms with E-state index in [9.17, 15) is 4.79 Å². The van der Waals surface area contributed by atoms with Crippen molar-refractivity contribution >= 4 is 17.7 Å². The second-order valence-corrected chi connectivity index (χ2v) is 8.09. The molecule has 1 heterocycles. The van der Waals surface area contributed by atoms with E-state index in [0.717, 1.165) is 28.8 Å². The number of nitrogens with one attached hydrogen (secondary N) is 1. The summed E-state index contributed by atoms with van der Waals surface area (Å²) < 4.78 is 7.22. The third-order valence-corrected chi connectivity index (χ3v) is 4.61. The first kappa shape index (κ1) is 19.3. The maximum atomic E-state index is 12.3. The Morgan fingerprint density at radius 1 is 1.28 bits per heavy atom. The van der Waals surface area contributed by atoms with Gasteiger partial charge in [0.05, 0.1) is 12.4 Å². The summed E-state index contributed by atoms with van der Waals surface area (Å²) in [6.45, 7) is 10.6. The van der Waals surface area contributed by atoms with Gasteiger partial charge < -0.3 is 14.6 Å². The second kappa shape index (κ2) is 7.91. The number of amides is 1. The number of ether oxygens (including phenoxy) is 1. The van der Waals surface area contributed by atoms with Gasteiger partial charge in [0.25, 0.3) is 0 Å². The predicted octanol–water partition coefficient (Wildman–Crippen LogP) is 3.37. The number of carbonyl (C=O) groups excluding carboxylic acids is 1. The molecule has 0 aliphatic rings. The van der Waals surface area contributed by atoms with Gasteiger partial charge in [0.15, 0.2) is 11.0 Å². The summed E-state index contributed by atoms with van der Waals surface area (Å²) in [6.07, 6.45) is 0. The fraction of sp³-hybridized carbons (Fsp3) is 0.500. The molecule has 25 heavy (non-hydrogen) atoms. The molecule has 2 rings (SSSR count). The number of carbonyl (C=O) groups is 1. The van der Waals surface area contributed by atoms with Crippen LogP contribution < -0.4 is 10.1 Å². The normalized spacial score (nSPS) is 12.7. The maximum absolute atomic E-state index is 12.3. The number of methoxy groups -OCH3 is 1. The van der Waals surface area contributed by atoms with Gasteiger partial charge in [0.2, 0.25) is 5.91 Å². The summed E-state index contributed by atoms with van der Waals surface area (Å²) in [5.74, 6) is 1.58. The SMILES string of the molecule is CCn1c(S[C@H](C)C(=O)NC(C)(C)C)nnc1-c1ccc(OC)cc1. The Morgan fingerprint density at radius 3 is 2.44 bits per heavy atom. The summed E-state index contributed by atoms with van der Waals surface area (Å²) in [6, 6.07) is 7.71. The summed E-state index contributed by atoms with van der Waals surface area (Å²) in [5.41, 5.74) is 0.715. The van der Waals surface area contributed by atoms with Crippen LogP contribution >= 0.6 is 11.8 Å². The zero-order valence-electron chi connectivity index (χ0n) is 15.7. The number of thioether (sulfide) groups is 1. The van der Waals surface area contributed by atoms with Crippen molar-refractivity contribution in [2.75, 3.05) is 7.11 Å². The first-order valence-electron chi connectivity index (χ1n) is 8.31. The molecule has 1 aromatic heterocycles. The number of aromatic nitrogens is 3. The third kappa shape index (κ3) is 4.98. The molecule has 0 unspecified atom stereocenters. The van der Waals surface area contributed by atoms with Crippen molar-refractivity contribution in [3.8, 4) is 17.1 Å². The molecule has 0 aliphatic heterocycles. The van der Waals surface area contributed by atoms with Crippen LogP contribution in [-0.4, -0.2) is 38.6 Å². The van der Waals surface area contributed by atoms with Crippen LogP contribution in [0.1, 0.15) is 34.6 Å². The number of nitrogens with zero attached hydrogens (tertiary/aromatic N) is 3. The van der Waals surface area contributed by atoms with Gasteiger partial charge in [-0.15, -0.1) is 10.2 Å². The molecule has 0 saturated heterocycles. The Balaban J connectivity index is 2.20. The lowest BCUT2D eigenvalue weighted by Gasteiger charge is -2.22. The van der Waals surface area contributed by atoms with Gasteiger partial charge in [0.1, 0.15) is 5.75 Å². The van der Waals surface area contributed by atoms with Gasteiger partial charge in [-0.05, 0) is 58.9 Å². The molecule has 0 radical (unpaired) electrons. The minimum atomic E-state index is -0.252. The lowest BCUT2D eigenvalue weighted by atomic mass is 10.1. The largest absolute Gasteiger partial charge is 0.497 e. The van der Waals surface area contributed by atoms with Gasteiger partial charge in [-0.2, -0.15) is 0 Å². The predicted molar refractivity (Wildman–Crippen MR) is 101 cm³/mol. The fourth-order valence-corrected chi connectivity index (χ4v) is 3.21. The monoisotopic (exact) mass is 362 g/mol. The topological polar surface area (TPSA) is 69.0 Å². The first-order chi connectivity index (χ1) is 11.7. The van der Waals surface area contributed by atoms with Crippen molar-refractivity contribution in [1.29, 1.82) is 0 Å². The van der Waals surface area contributed by atoms with E-state index in [2.05, 4.69) is 15.5 Å². The molecule has 1 atom stereocenters. The van der Waals surface area contributed by atoms with Crippen LogP contribution in [0.25, 0.3) is 11.4 Å². The third-order valence-electron chi connectivity index (χ3n) is 3.53. The van der Waals surface area contributed by atoms with E-state index in [1.54, 1.807) is 7.11 Å². The molecule has 2 aromatic rings. The molecule has 1 amide bonds. The van der Waals surface area contributed by atoms with Crippen molar-refractivity contribution in [3.05, 3.63) is 24.3 Å². The summed E-state index contributed by atoms with van der Waals surface area (Å²) in [7, 11) is 1.64. The van der Waals surface area contributed by atoms with Crippen molar-refractivity contribution in [2.24, 2.45) is 0 Å². The van der Waals surface area contributed by atoms with Crippen LogP contribution in [0, 0.1) is 0 Å². The second-order valence-electron chi connectivity index (χ2n) is 6.78. The Morgan fingerprint density at radius 2 is 1.92 bits per heavy atom. The number of hydrogen-bond acceptors (Lipinski definition) is 5. The molecule has 0 bridgehead atoms. The fourth-order valence-electron chi connectivity index (χ4n) is 2.30. The molecule has 0 spiro atoms. The average Bonchev–Trinajstić information content (AvgIpc) is 2.95. The van der Waals surface area contributed by atoms with Crippen LogP contribution in [0.3, 0.4) is 0 Å². The van der Waals surface area contributed by atoms with E-state index < -0.39 is 0 Å². The van der Waals surface area contributed by atoms with Crippen molar-refractivity contribution in [3.63, 3.8) is 0 Å². The van der Waals surface area contributed by atoms with E-state index in [0.29, 0.717) is 0 Å². The Labute approximate surface area is 153 Å². The van der Waals surface area contributed by atoms with Crippen LogP contribution in [0.2, 0.25) is 0 Å². The molecular formula is C18H26N4O2S. The van der Waals surface area contributed by atoms with Crippen LogP contribution in [-0.2, 0) is 11.3 Å². The average molecular weight is 362 g/mol. The van der Waals surface area contributed by atoms with Crippen molar-refractivity contribution in [2.45, 2.75) is 57.1 Å². The highest BCUT2D eigenvalue weighted by Crippen LogP contribution is 2.28. The zero-order chi connectivity index (χ0) is 18.6.